The summed E-state index contributed by atoms with van der Waals surface area (Å²) in [7, 11) is -2.42. The highest BCUT2D eigenvalue weighted by molar-refractivity contribution is 7.90. The summed E-state index contributed by atoms with van der Waals surface area (Å²) in [5, 5.41) is 1.91. The summed E-state index contributed by atoms with van der Waals surface area (Å²) >= 11 is 5.85. The minimum absolute atomic E-state index is 0.0916. The normalized spacial score (nSPS) is 11.0. The second-order valence-corrected chi connectivity index (χ2v) is 6.96. The van der Waals surface area contributed by atoms with Gasteiger partial charge in [0.25, 0.3) is 5.91 Å². The molecule has 8 nitrogen and oxygen atoms in total. The zero-order chi connectivity index (χ0) is 17.9. The first-order chi connectivity index (χ1) is 11.2. The van der Waals surface area contributed by atoms with Crippen LogP contribution in [0.25, 0.3) is 0 Å². The second kappa shape index (κ2) is 6.93. The van der Waals surface area contributed by atoms with E-state index in [0.717, 1.165) is 12.5 Å². The first kappa shape index (κ1) is 17.8. The van der Waals surface area contributed by atoms with E-state index in [4.69, 9.17) is 11.6 Å². The third kappa shape index (κ3) is 4.06. The molecule has 0 aliphatic carbocycles. The van der Waals surface area contributed by atoms with E-state index in [9.17, 15) is 18.0 Å². The first-order valence-corrected chi connectivity index (χ1v) is 8.71. The average molecular weight is 370 g/mol. The minimum atomic E-state index is -3.68. The maximum atomic E-state index is 12.2. The number of ether oxygens (including phenoxy) is 1. The van der Waals surface area contributed by atoms with Crippen molar-refractivity contribution in [2.75, 3.05) is 18.7 Å². The number of nitrogens with zero attached hydrogens (tertiary/aromatic N) is 2. The Bertz CT molecular complexity index is 897. The average Bonchev–Trinajstić information content (AvgIpc) is 2.54. The van der Waals surface area contributed by atoms with Gasteiger partial charge in [0, 0.05) is 11.9 Å². The van der Waals surface area contributed by atoms with Crippen molar-refractivity contribution < 1.29 is 22.7 Å². The molecule has 0 radical (unpaired) electrons. The molecule has 0 spiro atoms. The molecule has 1 amide bonds. The van der Waals surface area contributed by atoms with Crippen molar-refractivity contribution in [3.8, 4) is 0 Å². The van der Waals surface area contributed by atoms with Crippen molar-refractivity contribution in [1.82, 2.24) is 9.97 Å². The number of hydrogen-bond acceptors (Lipinski definition) is 7. The largest absolute Gasteiger partial charge is 0.465 e. The molecule has 0 saturated heterocycles. The van der Waals surface area contributed by atoms with E-state index >= 15 is 0 Å². The molecule has 1 aromatic heterocycles. The smallest absolute Gasteiger partial charge is 0.337 e. The fourth-order valence-electron chi connectivity index (χ4n) is 1.69. The summed E-state index contributed by atoms with van der Waals surface area (Å²) in [6, 6.07) is 5.89. The Morgan fingerprint density at radius 3 is 2.38 bits per heavy atom. The van der Waals surface area contributed by atoms with Crippen LogP contribution in [0.2, 0.25) is 5.02 Å². The maximum absolute atomic E-state index is 12.2. The van der Waals surface area contributed by atoms with Gasteiger partial charge in [-0.15, -0.1) is 0 Å². The Kier molecular flexibility index (Phi) is 5.15. The lowest BCUT2D eigenvalue weighted by atomic mass is 10.2. The van der Waals surface area contributed by atoms with Crippen LogP contribution in [-0.4, -0.2) is 43.6 Å². The number of amides is 1. The zero-order valence-corrected chi connectivity index (χ0v) is 14.2. The fourth-order valence-corrected chi connectivity index (χ4v) is 2.36. The second-order valence-electron chi connectivity index (χ2n) is 4.64. The summed E-state index contributed by atoms with van der Waals surface area (Å²) in [6.45, 7) is 0. The Balaban J connectivity index is 2.25. The third-order valence-corrected chi connectivity index (χ3v) is 3.97. The molecule has 10 heteroatoms. The minimum Gasteiger partial charge on any atom is -0.465 e. The van der Waals surface area contributed by atoms with Crippen LogP contribution in [0.5, 0.6) is 0 Å². The Hall–Kier alpha value is -2.52. The van der Waals surface area contributed by atoms with E-state index in [1.54, 1.807) is 0 Å². The van der Waals surface area contributed by atoms with Gasteiger partial charge in [-0.2, -0.15) is 0 Å². The van der Waals surface area contributed by atoms with Crippen LogP contribution in [-0.2, 0) is 14.6 Å². The van der Waals surface area contributed by atoms with Crippen molar-refractivity contribution in [2.45, 2.75) is 5.16 Å². The number of benzene rings is 1. The van der Waals surface area contributed by atoms with E-state index in [1.165, 1.54) is 31.4 Å². The van der Waals surface area contributed by atoms with E-state index in [-0.39, 0.29) is 10.7 Å². The molecule has 1 N–H and O–H groups in total. The SMILES string of the molecule is COC(=O)c1ccc(NC(=O)c2nc(S(C)(=O)=O)ncc2Cl)cc1. The Morgan fingerprint density at radius 1 is 1.21 bits per heavy atom. The fraction of sp³-hybridized carbons (Fsp3) is 0.143. The lowest BCUT2D eigenvalue weighted by molar-refractivity contribution is 0.0600. The van der Waals surface area contributed by atoms with Gasteiger partial charge in [0.2, 0.25) is 15.0 Å². The Morgan fingerprint density at radius 2 is 1.83 bits per heavy atom. The van der Waals surface area contributed by atoms with Crippen LogP contribution in [0.4, 0.5) is 5.69 Å². The first-order valence-electron chi connectivity index (χ1n) is 6.44. The monoisotopic (exact) mass is 369 g/mol. The molecule has 2 rings (SSSR count). The van der Waals surface area contributed by atoms with Gasteiger partial charge in [0.1, 0.15) is 0 Å². The quantitative estimate of drug-likeness (QED) is 0.642. The van der Waals surface area contributed by atoms with Gasteiger partial charge in [-0.1, -0.05) is 11.6 Å². The number of carbonyl (C=O) groups excluding carboxylic acids is 2. The molecule has 2 aromatic rings. The van der Waals surface area contributed by atoms with Gasteiger partial charge >= 0.3 is 5.97 Å². The zero-order valence-electron chi connectivity index (χ0n) is 12.6. The highest BCUT2D eigenvalue weighted by atomic mass is 35.5. The molecule has 0 atom stereocenters. The van der Waals surface area contributed by atoms with E-state index in [1.807, 2.05) is 0 Å². The van der Waals surface area contributed by atoms with Crippen molar-refractivity contribution in [3.05, 3.63) is 46.7 Å². The molecule has 0 bridgehead atoms. The van der Waals surface area contributed by atoms with Crippen molar-refractivity contribution in [2.24, 2.45) is 0 Å². The predicted molar refractivity (Wildman–Crippen MR) is 85.9 cm³/mol. The highest BCUT2D eigenvalue weighted by Crippen LogP contribution is 2.17. The maximum Gasteiger partial charge on any atom is 0.337 e. The molecule has 0 unspecified atom stereocenters. The van der Waals surface area contributed by atoms with Crippen LogP contribution >= 0.6 is 11.6 Å². The molecular weight excluding hydrogens is 358 g/mol. The third-order valence-electron chi connectivity index (χ3n) is 2.83. The number of esters is 1. The van der Waals surface area contributed by atoms with Gasteiger partial charge in [-0.05, 0) is 24.3 Å². The standard InChI is InChI=1S/C14H12ClN3O5S/c1-23-13(20)8-3-5-9(6-4-8)17-12(19)11-10(15)7-16-14(18-11)24(2,21)22/h3-7H,1-2H3,(H,17,19). The molecule has 1 aromatic carbocycles. The van der Waals surface area contributed by atoms with Gasteiger partial charge < -0.3 is 10.1 Å². The molecule has 0 fully saturated rings. The van der Waals surface area contributed by atoms with E-state index < -0.39 is 26.9 Å². The lowest BCUT2D eigenvalue weighted by Gasteiger charge is -2.07. The number of sulfone groups is 1. The van der Waals surface area contributed by atoms with E-state index in [2.05, 4.69) is 20.0 Å². The van der Waals surface area contributed by atoms with Crippen LogP contribution < -0.4 is 5.32 Å². The number of halogens is 1. The van der Waals surface area contributed by atoms with Crippen LogP contribution in [0.15, 0.2) is 35.6 Å². The molecular formula is C14H12ClN3O5S. The van der Waals surface area contributed by atoms with E-state index in [0.29, 0.717) is 11.3 Å². The van der Waals surface area contributed by atoms with Crippen LogP contribution in [0.3, 0.4) is 0 Å². The summed E-state index contributed by atoms with van der Waals surface area (Å²) in [6.07, 6.45) is 1.96. The summed E-state index contributed by atoms with van der Waals surface area (Å²) in [5.41, 5.74) is 0.405. The van der Waals surface area contributed by atoms with Gasteiger partial charge in [0.15, 0.2) is 5.69 Å². The van der Waals surface area contributed by atoms with Crippen molar-refractivity contribution >= 4 is 39.0 Å². The molecule has 24 heavy (non-hydrogen) atoms. The number of anilines is 1. The number of nitrogens with one attached hydrogen (secondary N) is 1. The number of hydrogen-bond donors (Lipinski definition) is 1. The van der Waals surface area contributed by atoms with Crippen LogP contribution in [0.1, 0.15) is 20.8 Å². The van der Waals surface area contributed by atoms with Gasteiger partial charge in [-0.25, -0.2) is 23.2 Å². The number of rotatable bonds is 4. The lowest BCUT2D eigenvalue weighted by Crippen LogP contribution is -2.17. The summed E-state index contributed by atoms with van der Waals surface area (Å²) < 4.78 is 27.5. The molecule has 0 aliphatic heterocycles. The summed E-state index contributed by atoms with van der Waals surface area (Å²) in [4.78, 5) is 30.8. The number of methoxy groups -OCH3 is 1. The van der Waals surface area contributed by atoms with Crippen LogP contribution in [0, 0.1) is 0 Å². The topological polar surface area (TPSA) is 115 Å². The van der Waals surface area contributed by atoms with Gasteiger partial charge in [-0.3, -0.25) is 4.79 Å². The van der Waals surface area contributed by atoms with Gasteiger partial charge in [0.05, 0.1) is 23.9 Å². The Labute approximate surface area is 142 Å². The molecule has 1 heterocycles. The number of carbonyl (C=O) groups is 2. The highest BCUT2D eigenvalue weighted by Gasteiger charge is 2.19. The summed E-state index contributed by atoms with van der Waals surface area (Å²) in [5.74, 6) is -1.22. The van der Waals surface area contributed by atoms with Crippen molar-refractivity contribution in [1.29, 1.82) is 0 Å². The predicted octanol–water partition coefficient (Wildman–Crippen LogP) is 1.57. The van der Waals surface area contributed by atoms with Crippen molar-refractivity contribution in [3.63, 3.8) is 0 Å². The number of aromatic nitrogens is 2. The molecule has 0 saturated carbocycles. The molecule has 0 aliphatic rings. The molecule has 126 valence electrons.